The van der Waals surface area contributed by atoms with Crippen LogP contribution >= 0.6 is 24.0 Å². The first-order valence-corrected chi connectivity index (χ1v) is 8.11. The molecule has 132 valence electrons. The standard InChI is InChI=1S/C18H27N5.HI/c1-14-12-21-23(13-14)11-10-20-18(19-4)22-16(3)15(2)17-8-6-5-7-9-17;/h5-9,12-13,15-16H,10-11H2,1-4H3,(H2,19,20,22);1H. The van der Waals surface area contributed by atoms with Gasteiger partial charge in [-0.15, -0.1) is 24.0 Å². The van der Waals surface area contributed by atoms with Gasteiger partial charge in [-0.25, -0.2) is 0 Å². The smallest absolute Gasteiger partial charge is 0.191 e. The summed E-state index contributed by atoms with van der Waals surface area (Å²) < 4.78 is 1.94. The first-order chi connectivity index (χ1) is 11.1. The summed E-state index contributed by atoms with van der Waals surface area (Å²) >= 11 is 0. The lowest BCUT2D eigenvalue weighted by molar-refractivity contribution is 0.542. The molecule has 0 spiro atoms. The van der Waals surface area contributed by atoms with E-state index in [0.717, 1.165) is 19.0 Å². The fraction of sp³-hybridized carbons (Fsp3) is 0.444. The van der Waals surface area contributed by atoms with Gasteiger partial charge in [0.05, 0.1) is 12.7 Å². The molecule has 2 N–H and O–H groups in total. The monoisotopic (exact) mass is 441 g/mol. The Morgan fingerprint density at radius 3 is 2.54 bits per heavy atom. The van der Waals surface area contributed by atoms with Crippen molar-refractivity contribution in [2.24, 2.45) is 4.99 Å². The number of aromatic nitrogens is 2. The van der Waals surface area contributed by atoms with Gasteiger partial charge in [0.25, 0.3) is 0 Å². The molecule has 0 aliphatic carbocycles. The molecule has 6 heteroatoms. The van der Waals surface area contributed by atoms with Crippen LogP contribution in [0.3, 0.4) is 0 Å². The molecule has 0 radical (unpaired) electrons. The molecule has 2 unspecified atom stereocenters. The Labute approximate surface area is 162 Å². The molecule has 1 aromatic heterocycles. The fourth-order valence-corrected chi connectivity index (χ4v) is 2.46. The van der Waals surface area contributed by atoms with Crippen molar-refractivity contribution in [1.29, 1.82) is 0 Å². The zero-order chi connectivity index (χ0) is 16.7. The molecule has 0 bridgehead atoms. The number of hydrogen-bond donors (Lipinski definition) is 2. The minimum atomic E-state index is 0. The normalized spacial score (nSPS) is 13.8. The predicted octanol–water partition coefficient (Wildman–Crippen LogP) is 3.17. The van der Waals surface area contributed by atoms with Crippen molar-refractivity contribution in [3.05, 3.63) is 53.9 Å². The highest BCUT2D eigenvalue weighted by atomic mass is 127. The lowest BCUT2D eigenvalue weighted by atomic mass is 9.94. The number of nitrogens with zero attached hydrogens (tertiary/aromatic N) is 3. The van der Waals surface area contributed by atoms with Gasteiger partial charge in [0.1, 0.15) is 0 Å². The van der Waals surface area contributed by atoms with E-state index in [1.165, 1.54) is 11.1 Å². The largest absolute Gasteiger partial charge is 0.355 e. The van der Waals surface area contributed by atoms with Crippen LogP contribution in [0.25, 0.3) is 0 Å². The lowest BCUT2D eigenvalue weighted by Crippen LogP contribution is -2.45. The van der Waals surface area contributed by atoms with Gasteiger partial charge in [0.2, 0.25) is 0 Å². The number of aliphatic imine (C=N–C) groups is 1. The summed E-state index contributed by atoms with van der Waals surface area (Å²) in [5.74, 6) is 1.23. The first kappa shape index (κ1) is 20.5. The van der Waals surface area contributed by atoms with Crippen molar-refractivity contribution >= 4 is 29.9 Å². The molecular formula is C18H28IN5. The van der Waals surface area contributed by atoms with Crippen LogP contribution in [0.2, 0.25) is 0 Å². The first-order valence-electron chi connectivity index (χ1n) is 8.11. The molecule has 0 saturated heterocycles. The van der Waals surface area contributed by atoms with Crippen LogP contribution in [-0.4, -0.2) is 35.4 Å². The van der Waals surface area contributed by atoms with Gasteiger partial charge < -0.3 is 10.6 Å². The molecule has 2 rings (SSSR count). The van der Waals surface area contributed by atoms with E-state index < -0.39 is 0 Å². The van der Waals surface area contributed by atoms with Crippen molar-refractivity contribution in [3.8, 4) is 0 Å². The number of aryl methyl sites for hydroxylation is 1. The van der Waals surface area contributed by atoms with Crippen LogP contribution < -0.4 is 10.6 Å². The number of rotatable bonds is 6. The van der Waals surface area contributed by atoms with Gasteiger partial charge >= 0.3 is 0 Å². The summed E-state index contributed by atoms with van der Waals surface area (Å²) in [5.41, 5.74) is 2.51. The SMILES string of the molecule is CN=C(NCCn1cc(C)cn1)NC(C)C(C)c1ccccc1.I. The van der Waals surface area contributed by atoms with Crippen molar-refractivity contribution in [3.63, 3.8) is 0 Å². The Bertz CT molecular complexity index is 623. The van der Waals surface area contributed by atoms with Crippen LogP contribution in [0, 0.1) is 6.92 Å². The Kier molecular flexibility index (Phi) is 8.81. The Hall–Kier alpha value is -1.57. The molecule has 0 fully saturated rings. The third-order valence-electron chi connectivity index (χ3n) is 4.06. The molecule has 2 atom stereocenters. The van der Waals surface area contributed by atoms with Gasteiger partial charge in [-0.05, 0) is 25.0 Å². The second-order valence-electron chi connectivity index (χ2n) is 5.91. The molecule has 1 aromatic carbocycles. The molecule has 5 nitrogen and oxygen atoms in total. The van der Waals surface area contributed by atoms with E-state index in [1.54, 1.807) is 7.05 Å². The van der Waals surface area contributed by atoms with E-state index in [0.29, 0.717) is 5.92 Å². The summed E-state index contributed by atoms with van der Waals surface area (Å²) in [4.78, 5) is 4.31. The van der Waals surface area contributed by atoms with Crippen LogP contribution in [0.5, 0.6) is 0 Å². The quantitative estimate of drug-likeness (QED) is 0.412. The molecule has 0 amide bonds. The van der Waals surface area contributed by atoms with E-state index in [2.05, 4.69) is 58.8 Å². The molecule has 1 heterocycles. The number of hydrogen-bond acceptors (Lipinski definition) is 2. The van der Waals surface area contributed by atoms with E-state index >= 15 is 0 Å². The van der Waals surface area contributed by atoms with Crippen LogP contribution in [-0.2, 0) is 6.54 Å². The molecule has 2 aromatic rings. The van der Waals surface area contributed by atoms with Crippen molar-refractivity contribution in [1.82, 2.24) is 20.4 Å². The van der Waals surface area contributed by atoms with Gasteiger partial charge in [-0.2, -0.15) is 5.10 Å². The summed E-state index contributed by atoms with van der Waals surface area (Å²) in [7, 11) is 1.80. The average Bonchev–Trinajstić information content (AvgIpc) is 2.99. The van der Waals surface area contributed by atoms with E-state index in [9.17, 15) is 0 Å². The van der Waals surface area contributed by atoms with Crippen molar-refractivity contribution < 1.29 is 0 Å². The number of nitrogens with one attached hydrogen (secondary N) is 2. The summed E-state index contributed by atoms with van der Waals surface area (Å²) in [6.07, 6.45) is 3.91. The van der Waals surface area contributed by atoms with Crippen LogP contribution in [0.1, 0.15) is 30.9 Å². The predicted molar refractivity (Wildman–Crippen MR) is 111 cm³/mol. The van der Waals surface area contributed by atoms with E-state index in [4.69, 9.17) is 0 Å². The van der Waals surface area contributed by atoms with Gasteiger partial charge in [0.15, 0.2) is 5.96 Å². The minimum Gasteiger partial charge on any atom is -0.355 e. The average molecular weight is 441 g/mol. The van der Waals surface area contributed by atoms with Crippen LogP contribution in [0.15, 0.2) is 47.7 Å². The maximum absolute atomic E-state index is 4.31. The number of benzene rings is 1. The third-order valence-corrected chi connectivity index (χ3v) is 4.06. The molecule has 0 aliphatic rings. The second-order valence-corrected chi connectivity index (χ2v) is 5.91. The van der Waals surface area contributed by atoms with Gasteiger partial charge in [0, 0.05) is 31.7 Å². The van der Waals surface area contributed by atoms with Crippen molar-refractivity contribution in [2.75, 3.05) is 13.6 Å². The lowest BCUT2D eigenvalue weighted by Gasteiger charge is -2.24. The van der Waals surface area contributed by atoms with Crippen LogP contribution in [0.4, 0.5) is 0 Å². The van der Waals surface area contributed by atoms with E-state index in [-0.39, 0.29) is 30.0 Å². The topological polar surface area (TPSA) is 54.2 Å². The molecule has 0 aliphatic heterocycles. The summed E-state index contributed by atoms with van der Waals surface area (Å²) in [5, 5.41) is 11.1. The third kappa shape index (κ3) is 6.14. The highest BCUT2D eigenvalue weighted by molar-refractivity contribution is 14.0. The summed E-state index contributed by atoms with van der Waals surface area (Å²) in [6, 6.07) is 10.8. The fourth-order valence-electron chi connectivity index (χ4n) is 2.46. The van der Waals surface area contributed by atoms with Gasteiger partial charge in [-0.3, -0.25) is 9.67 Å². The number of halogens is 1. The van der Waals surface area contributed by atoms with Gasteiger partial charge in [-0.1, -0.05) is 37.3 Å². The van der Waals surface area contributed by atoms with E-state index in [1.807, 2.05) is 30.1 Å². The zero-order valence-corrected chi connectivity index (χ0v) is 17.2. The highest BCUT2D eigenvalue weighted by Gasteiger charge is 2.15. The minimum absolute atomic E-state index is 0. The zero-order valence-electron chi connectivity index (χ0n) is 14.9. The maximum Gasteiger partial charge on any atom is 0.191 e. The molecule has 24 heavy (non-hydrogen) atoms. The maximum atomic E-state index is 4.31. The summed E-state index contributed by atoms with van der Waals surface area (Å²) in [6.45, 7) is 8.06. The molecular weight excluding hydrogens is 413 g/mol. The molecule has 0 saturated carbocycles. The second kappa shape index (κ2) is 10.3. The number of guanidine groups is 1. The Balaban J connectivity index is 0.00000288. The van der Waals surface area contributed by atoms with Crippen molar-refractivity contribution in [2.45, 2.75) is 39.3 Å². The Morgan fingerprint density at radius 1 is 1.25 bits per heavy atom. The Morgan fingerprint density at radius 2 is 1.96 bits per heavy atom. The highest BCUT2D eigenvalue weighted by Crippen LogP contribution is 2.18.